The summed E-state index contributed by atoms with van der Waals surface area (Å²) >= 11 is 0. The standard InChI is InChI=1S/C11H16N2O2/c1-7-5-8(2)10(9(6-7)15-4)13(3)11(12)14/h5-6H,1-4H3,(H2,12,14). The van der Waals surface area contributed by atoms with Crippen molar-refractivity contribution in [3.8, 4) is 5.75 Å². The van der Waals surface area contributed by atoms with Crippen LogP contribution in [0.5, 0.6) is 5.75 Å². The Labute approximate surface area is 89.6 Å². The Bertz CT molecular complexity index is 388. The number of hydrogen-bond acceptors (Lipinski definition) is 2. The Balaban J connectivity index is 3.32. The zero-order valence-electron chi connectivity index (χ0n) is 9.50. The molecule has 0 spiro atoms. The molecule has 0 atom stereocenters. The number of nitrogens with zero attached hydrogens (tertiary/aromatic N) is 1. The summed E-state index contributed by atoms with van der Waals surface area (Å²) in [5.41, 5.74) is 8.00. The van der Waals surface area contributed by atoms with Gasteiger partial charge in [0.05, 0.1) is 12.8 Å². The van der Waals surface area contributed by atoms with E-state index in [-0.39, 0.29) is 0 Å². The van der Waals surface area contributed by atoms with Crippen LogP contribution < -0.4 is 15.4 Å². The van der Waals surface area contributed by atoms with Crippen molar-refractivity contribution in [2.75, 3.05) is 19.1 Å². The molecule has 0 saturated carbocycles. The molecule has 4 nitrogen and oxygen atoms in total. The van der Waals surface area contributed by atoms with Crippen LogP contribution in [0.2, 0.25) is 0 Å². The highest BCUT2D eigenvalue weighted by atomic mass is 16.5. The van der Waals surface area contributed by atoms with Crippen molar-refractivity contribution < 1.29 is 9.53 Å². The second kappa shape index (κ2) is 4.21. The van der Waals surface area contributed by atoms with Crippen molar-refractivity contribution in [2.45, 2.75) is 13.8 Å². The van der Waals surface area contributed by atoms with E-state index >= 15 is 0 Å². The van der Waals surface area contributed by atoms with Crippen molar-refractivity contribution in [3.63, 3.8) is 0 Å². The van der Waals surface area contributed by atoms with Gasteiger partial charge < -0.3 is 10.5 Å². The molecule has 1 aromatic carbocycles. The van der Waals surface area contributed by atoms with Crippen LogP contribution >= 0.6 is 0 Å². The second-order valence-electron chi connectivity index (χ2n) is 3.53. The fourth-order valence-corrected chi connectivity index (χ4v) is 1.62. The molecule has 0 saturated heterocycles. The Morgan fingerprint density at radius 3 is 2.47 bits per heavy atom. The first-order chi connectivity index (χ1) is 6.97. The topological polar surface area (TPSA) is 55.6 Å². The molecular weight excluding hydrogens is 192 g/mol. The largest absolute Gasteiger partial charge is 0.495 e. The maximum absolute atomic E-state index is 11.1. The summed E-state index contributed by atoms with van der Waals surface area (Å²) in [5, 5.41) is 0. The number of aryl methyl sites for hydroxylation is 2. The highest BCUT2D eigenvalue weighted by Crippen LogP contribution is 2.32. The number of benzene rings is 1. The van der Waals surface area contributed by atoms with Crippen LogP contribution in [-0.2, 0) is 0 Å². The lowest BCUT2D eigenvalue weighted by Crippen LogP contribution is -2.32. The third-order valence-electron chi connectivity index (χ3n) is 2.30. The minimum Gasteiger partial charge on any atom is -0.495 e. The fourth-order valence-electron chi connectivity index (χ4n) is 1.62. The van der Waals surface area contributed by atoms with E-state index in [1.807, 2.05) is 26.0 Å². The number of hydrogen-bond donors (Lipinski definition) is 1. The van der Waals surface area contributed by atoms with E-state index in [1.165, 1.54) is 4.90 Å². The summed E-state index contributed by atoms with van der Waals surface area (Å²) in [6.45, 7) is 3.90. The van der Waals surface area contributed by atoms with E-state index in [0.717, 1.165) is 16.8 Å². The second-order valence-corrected chi connectivity index (χ2v) is 3.53. The number of carbonyl (C=O) groups excluding carboxylic acids is 1. The van der Waals surface area contributed by atoms with Gasteiger partial charge in [-0.2, -0.15) is 0 Å². The Morgan fingerprint density at radius 2 is 2.00 bits per heavy atom. The van der Waals surface area contributed by atoms with Crippen LogP contribution in [0.3, 0.4) is 0 Å². The maximum atomic E-state index is 11.1. The van der Waals surface area contributed by atoms with Crippen LogP contribution in [0.15, 0.2) is 12.1 Å². The number of urea groups is 1. The van der Waals surface area contributed by atoms with E-state index in [0.29, 0.717) is 5.75 Å². The van der Waals surface area contributed by atoms with Crippen LogP contribution in [-0.4, -0.2) is 20.2 Å². The average molecular weight is 208 g/mol. The number of carbonyl (C=O) groups is 1. The van der Waals surface area contributed by atoms with E-state index in [4.69, 9.17) is 10.5 Å². The molecule has 0 aliphatic heterocycles. The zero-order valence-corrected chi connectivity index (χ0v) is 9.50. The van der Waals surface area contributed by atoms with E-state index < -0.39 is 6.03 Å². The number of anilines is 1. The summed E-state index contributed by atoms with van der Waals surface area (Å²) < 4.78 is 5.23. The molecule has 0 heterocycles. The molecule has 4 heteroatoms. The van der Waals surface area contributed by atoms with Crippen LogP contribution in [0.4, 0.5) is 10.5 Å². The molecule has 0 aromatic heterocycles. The van der Waals surface area contributed by atoms with Gasteiger partial charge in [0.2, 0.25) is 0 Å². The maximum Gasteiger partial charge on any atom is 0.319 e. The van der Waals surface area contributed by atoms with Crippen molar-refractivity contribution >= 4 is 11.7 Å². The van der Waals surface area contributed by atoms with Gasteiger partial charge in [-0.15, -0.1) is 0 Å². The molecule has 2 amide bonds. The molecule has 1 aromatic rings. The van der Waals surface area contributed by atoms with Gasteiger partial charge in [0.1, 0.15) is 5.75 Å². The molecule has 15 heavy (non-hydrogen) atoms. The predicted octanol–water partition coefficient (Wildman–Crippen LogP) is 1.83. The number of amides is 2. The molecule has 0 aliphatic rings. The van der Waals surface area contributed by atoms with Gasteiger partial charge in [-0.3, -0.25) is 4.90 Å². The molecule has 0 radical (unpaired) electrons. The van der Waals surface area contributed by atoms with Crippen LogP contribution in [0.25, 0.3) is 0 Å². The molecule has 1 rings (SSSR count). The summed E-state index contributed by atoms with van der Waals surface area (Å²) in [4.78, 5) is 12.5. The molecule has 0 bridgehead atoms. The van der Waals surface area contributed by atoms with E-state index in [9.17, 15) is 4.79 Å². The predicted molar refractivity (Wildman–Crippen MR) is 60.5 cm³/mol. The zero-order chi connectivity index (χ0) is 11.6. The summed E-state index contributed by atoms with van der Waals surface area (Å²) in [6.07, 6.45) is 0. The summed E-state index contributed by atoms with van der Waals surface area (Å²) in [5.74, 6) is 0.661. The smallest absolute Gasteiger partial charge is 0.319 e. The van der Waals surface area contributed by atoms with Gasteiger partial charge in [-0.05, 0) is 31.0 Å². The van der Waals surface area contributed by atoms with Crippen LogP contribution in [0.1, 0.15) is 11.1 Å². The Morgan fingerprint density at radius 1 is 1.40 bits per heavy atom. The van der Waals surface area contributed by atoms with Crippen molar-refractivity contribution in [1.82, 2.24) is 0 Å². The highest BCUT2D eigenvalue weighted by molar-refractivity contribution is 5.92. The molecule has 0 fully saturated rings. The SMILES string of the molecule is COc1cc(C)cc(C)c1N(C)C(N)=O. The number of methoxy groups -OCH3 is 1. The Hall–Kier alpha value is -1.71. The lowest BCUT2D eigenvalue weighted by molar-refractivity contribution is 0.255. The summed E-state index contributed by atoms with van der Waals surface area (Å²) in [7, 11) is 3.20. The molecule has 0 unspecified atom stereocenters. The van der Waals surface area contributed by atoms with Crippen molar-refractivity contribution in [3.05, 3.63) is 23.3 Å². The van der Waals surface area contributed by atoms with Gasteiger partial charge >= 0.3 is 6.03 Å². The number of nitrogens with two attached hydrogens (primary N) is 1. The first kappa shape index (κ1) is 11.4. The van der Waals surface area contributed by atoms with Gasteiger partial charge in [0, 0.05) is 7.05 Å². The highest BCUT2D eigenvalue weighted by Gasteiger charge is 2.15. The number of rotatable bonds is 2. The first-order valence-corrected chi connectivity index (χ1v) is 4.65. The van der Waals surface area contributed by atoms with Gasteiger partial charge in [0.15, 0.2) is 0 Å². The monoisotopic (exact) mass is 208 g/mol. The third-order valence-corrected chi connectivity index (χ3v) is 2.30. The summed E-state index contributed by atoms with van der Waals surface area (Å²) in [6, 6.07) is 3.36. The minimum atomic E-state index is -0.500. The number of primary amides is 1. The van der Waals surface area contributed by atoms with E-state index in [2.05, 4.69) is 0 Å². The average Bonchev–Trinajstić information content (AvgIpc) is 2.15. The van der Waals surface area contributed by atoms with Crippen molar-refractivity contribution in [2.24, 2.45) is 5.73 Å². The normalized spacial score (nSPS) is 9.87. The Kier molecular flexibility index (Phi) is 3.19. The van der Waals surface area contributed by atoms with Gasteiger partial charge in [0.25, 0.3) is 0 Å². The third kappa shape index (κ3) is 2.21. The lowest BCUT2D eigenvalue weighted by Gasteiger charge is -2.20. The molecule has 82 valence electrons. The van der Waals surface area contributed by atoms with Crippen LogP contribution in [0, 0.1) is 13.8 Å². The quantitative estimate of drug-likeness (QED) is 0.806. The molecular formula is C11H16N2O2. The number of ether oxygens (including phenoxy) is 1. The van der Waals surface area contributed by atoms with E-state index in [1.54, 1.807) is 14.2 Å². The first-order valence-electron chi connectivity index (χ1n) is 4.65. The van der Waals surface area contributed by atoms with Gasteiger partial charge in [-0.1, -0.05) is 6.07 Å². The van der Waals surface area contributed by atoms with Crippen molar-refractivity contribution in [1.29, 1.82) is 0 Å². The molecule has 2 N–H and O–H groups in total. The van der Waals surface area contributed by atoms with Gasteiger partial charge in [-0.25, -0.2) is 4.79 Å². The minimum absolute atomic E-state index is 0.500. The lowest BCUT2D eigenvalue weighted by atomic mass is 10.1. The molecule has 0 aliphatic carbocycles. The fraction of sp³-hybridized carbons (Fsp3) is 0.364.